The van der Waals surface area contributed by atoms with E-state index < -0.39 is 0 Å². The van der Waals surface area contributed by atoms with E-state index in [4.69, 9.17) is 0 Å². The maximum atomic E-state index is 12.5. The minimum absolute atomic E-state index is 0.0103. The summed E-state index contributed by atoms with van der Waals surface area (Å²) < 4.78 is 1.79. The minimum atomic E-state index is -0.204. The van der Waals surface area contributed by atoms with Gasteiger partial charge in [-0.1, -0.05) is 6.92 Å². The highest BCUT2D eigenvalue weighted by Crippen LogP contribution is 2.20. The van der Waals surface area contributed by atoms with Crippen LogP contribution in [0.2, 0.25) is 0 Å². The van der Waals surface area contributed by atoms with Gasteiger partial charge in [0.2, 0.25) is 5.91 Å². The summed E-state index contributed by atoms with van der Waals surface area (Å²) >= 11 is 0. The van der Waals surface area contributed by atoms with Gasteiger partial charge < -0.3 is 9.88 Å². The molecule has 1 aliphatic rings. The number of nitrogens with one attached hydrogen (secondary N) is 1. The Hall–Kier alpha value is -2.37. The number of hydrogen-bond donors (Lipinski definition) is 1. The van der Waals surface area contributed by atoms with E-state index in [1.54, 1.807) is 23.0 Å². The van der Waals surface area contributed by atoms with Crippen LogP contribution >= 0.6 is 0 Å². The molecule has 0 radical (unpaired) electrons. The third-order valence-electron chi connectivity index (χ3n) is 4.90. The maximum Gasteiger partial charge on any atom is 0.256 e. The number of fused-ring (bicyclic) bond motifs is 1. The number of hydrogen-bond acceptors (Lipinski definition) is 3. The highest BCUT2D eigenvalue weighted by molar-refractivity contribution is 5.92. The fourth-order valence-electron chi connectivity index (χ4n) is 3.51. The maximum absolute atomic E-state index is 12.5. The summed E-state index contributed by atoms with van der Waals surface area (Å²) in [5.41, 5.74) is 0.990. The topological polar surface area (TPSA) is 71.0 Å². The lowest BCUT2D eigenvalue weighted by atomic mass is 10.00. The predicted octanol–water partition coefficient (Wildman–Crippen LogP) is 3.11. The number of nitrogens with zero attached hydrogens (tertiary/aromatic N) is 3. The molecule has 0 bridgehead atoms. The van der Waals surface area contributed by atoms with Gasteiger partial charge in [0.05, 0.1) is 6.20 Å². The lowest BCUT2D eigenvalue weighted by Gasteiger charge is -2.34. The van der Waals surface area contributed by atoms with Gasteiger partial charge in [0.1, 0.15) is 5.65 Å². The normalized spacial score (nSPS) is 18.6. The van der Waals surface area contributed by atoms with Gasteiger partial charge in [0.15, 0.2) is 0 Å². The van der Waals surface area contributed by atoms with E-state index in [0.717, 1.165) is 31.2 Å². The molecule has 0 unspecified atom stereocenters. The van der Waals surface area contributed by atoms with E-state index >= 15 is 0 Å². The van der Waals surface area contributed by atoms with Crippen LogP contribution in [-0.2, 0) is 4.79 Å². The first-order chi connectivity index (χ1) is 12.0. The lowest BCUT2D eigenvalue weighted by molar-refractivity contribution is -0.129. The summed E-state index contributed by atoms with van der Waals surface area (Å²) in [5.74, 6) is -0.0103. The fraction of sp³-hybridized carbons (Fsp3) is 0.526. The van der Waals surface area contributed by atoms with Crippen molar-refractivity contribution in [2.45, 2.75) is 58.5 Å². The number of carbonyl (C=O) groups excluding carboxylic acids is 1. The van der Waals surface area contributed by atoms with Crippen molar-refractivity contribution in [3.05, 3.63) is 34.3 Å². The summed E-state index contributed by atoms with van der Waals surface area (Å²) in [6, 6.07) is 2.27. The zero-order valence-corrected chi connectivity index (χ0v) is 15.2. The second kappa shape index (κ2) is 7.25. The Kier molecular flexibility index (Phi) is 5.06. The van der Waals surface area contributed by atoms with Crippen LogP contribution in [0.3, 0.4) is 0 Å². The molecular weight excluding hydrogens is 316 g/mol. The molecule has 0 aromatic carbocycles. The Morgan fingerprint density at radius 3 is 2.96 bits per heavy atom. The van der Waals surface area contributed by atoms with E-state index in [-0.39, 0.29) is 17.5 Å². The van der Waals surface area contributed by atoms with E-state index in [1.165, 1.54) is 12.5 Å². The summed E-state index contributed by atoms with van der Waals surface area (Å²) in [5, 5.41) is 5.18. The quantitative estimate of drug-likeness (QED) is 0.868. The Morgan fingerprint density at radius 2 is 2.24 bits per heavy atom. The molecule has 2 aromatic rings. The second-order valence-electron chi connectivity index (χ2n) is 6.96. The number of amides is 1. The Bertz CT molecular complexity index is 847. The van der Waals surface area contributed by atoms with Crippen molar-refractivity contribution in [1.82, 2.24) is 19.7 Å². The molecule has 3 heterocycles. The number of likely N-dealkylation sites (tertiary alicyclic amines) is 1. The molecule has 1 atom stereocenters. The molecular formula is C19H26N4O2. The van der Waals surface area contributed by atoms with Gasteiger partial charge in [-0.2, -0.15) is 5.10 Å². The molecule has 1 fully saturated rings. The molecule has 6 heteroatoms. The average molecular weight is 342 g/mol. The first kappa shape index (κ1) is 17.5. The monoisotopic (exact) mass is 342 g/mol. The number of aromatic amines is 1. The number of carbonyl (C=O) groups is 1. The molecule has 25 heavy (non-hydrogen) atoms. The number of aromatic nitrogens is 3. The van der Waals surface area contributed by atoms with Crippen LogP contribution in [0.1, 0.15) is 58.1 Å². The van der Waals surface area contributed by atoms with Crippen LogP contribution in [0.4, 0.5) is 0 Å². The molecule has 1 N–H and O–H groups in total. The standard InChI is InChI=1S/C19H26N4O2/c1-4-16-7-5-6-10-22(16)17(24)9-8-14-11-15-12-20-23(13(2)3)18(15)21-19(14)25/h8-9,11-13,16H,4-7,10H2,1-3H3,(H,21,25)/b9-8-/t16-/m1/s1. The second-order valence-corrected chi connectivity index (χ2v) is 6.96. The largest absolute Gasteiger partial charge is 0.336 e. The molecule has 1 amide bonds. The molecule has 134 valence electrons. The van der Waals surface area contributed by atoms with Crippen LogP contribution in [0.15, 0.2) is 23.1 Å². The van der Waals surface area contributed by atoms with E-state index in [9.17, 15) is 9.59 Å². The molecule has 1 aliphatic heterocycles. The van der Waals surface area contributed by atoms with Crippen LogP contribution < -0.4 is 5.56 Å². The molecule has 1 saturated heterocycles. The number of rotatable bonds is 4. The number of piperidine rings is 1. The van der Waals surface area contributed by atoms with E-state index in [0.29, 0.717) is 17.3 Å². The van der Waals surface area contributed by atoms with E-state index in [1.807, 2.05) is 18.7 Å². The molecule has 0 saturated carbocycles. The lowest BCUT2D eigenvalue weighted by Crippen LogP contribution is -2.42. The van der Waals surface area contributed by atoms with E-state index in [2.05, 4.69) is 17.0 Å². The SMILES string of the molecule is CC[C@@H]1CCCCN1C(=O)/C=C\c1cc2cnn(C(C)C)c2[nH]c1=O. The van der Waals surface area contributed by atoms with Crippen molar-refractivity contribution >= 4 is 23.0 Å². The average Bonchev–Trinajstić information content (AvgIpc) is 3.02. The van der Waals surface area contributed by atoms with Gasteiger partial charge in [-0.3, -0.25) is 9.59 Å². The third-order valence-corrected chi connectivity index (χ3v) is 4.90. The Morgan fingerprint density at radius 1 is 1.44 bits per heavy atom. The van der Waals surface area contributed by atoms with Gasteiger partial charge >= 0.3 is 0 Å². The Balaban J connectivity index is 1.84. The smallest absolute Gasteiger partial charge is 0.256 e. The first-order valence-electron chi connectivity index (χ1n) is 9.10. The first-order valence-corrected chi connectivity index (χ1v) is 9.10. The van der Waals surface area contributed by atoms with Crippen LogP contribution in [0.5, 0.6) is 0 Å². The van der Waals surface area contributed by atoms with Crippen molar-refractivity contribution < 1.29 is 4.79 Å². The van der Waals surface area contributed by atoms with Crippen LogP contribution in [0.25, 0.3) is 17.1 Å². The van der Waals surface area contributed by atoms with Crippen LogP contribution in [-0.4, -0.2) is 38.2 Å². The summed E-state index contributed by atoms with van der Waals surface area (Å²) in [6.45, 7) is 6.95. The molecule has 3 rings (SSSR count). The molecule has 6 nitrogen and oxygen atoms in total. The molecule has 2 aromatic heterocycles. The zero-order valence-electron chi connectivity index (χ0n) is 15.2. The summed E-state index contributed by atoms with van der Waals surface area (Å²) in [4.78, 5) is 29.7. The third kappa shape index (κ3) is 3.52. The van der Waals surface area contributed by atoms with Gasteiger partial charge in [-0.25, -0.2) is 4.68 Å². The van der Waals surface area contributed by atoms with Crippen molar-refractivity contribution in [2.24, 2.45) is 0 Å². The molecule has 0 aliphatic carbocycles. The summed E-state index contributed by atoms with van der Waals surface area (Å²) in [7, 11) is 0. The summed E-state index contributed by atoms with van der Waals surface area (Å²) in [6.07, 6.45) is 9.16. The van der Waals surface area contributed by atoms with Crippen molar-refractivity contribution in [1.29, 1.82) is 0 Å². The van der Waals surface area contributed by atoms with Crippen LogP contribution in [0, 0.1) is 0 Å². The predicted molar refractivity (Wildman–Crippen MR) is 99.4 cm³/mol. The van der Waals surface area contributed by atoms with Crippen molar-refractivity contribution in [3.8, 4) is 0 Å². The number of pyridine rings is 1. The van der Waals surface area contributed by atoms with Gasteiger partial charge in [0.25, 0.3) is 5.56 Å². The zero-order chi connectivity index (χ0) is 18.0. The highest BCUT2D eigenvalue weighted by Gasteiger charge is 2.23. The van der Waals surface area contributed by atoms with Gasteiger partial charge in [-0.15, -0.1) is 0 Å². The number of H-pyrrole nitrogens is 1. The Labute approximate surface area is 147 Å². The van der Waals surface area contributed by atoms with Gasteiger partial charge in [-0.05, 0) is 51.7 Å². The van der Waals surface area contributed by atoms with Crippen molar-refractivity contribution in [3.63, 3.8) is 0 Å². The van der Waals surface area contributed by atoms with Gasteiger partial charge in [0, 0.05) is 35.7 Å². The fourth-order valence-corrected chi connectivity index (χ4v) is 3.51. The minimum Gasteiger partial charge on any atom is -0.336 e. The molecule has 0 spiro atoms. The highest BCUT2D eigenvalue weighted by atomic mass is 16.2. The van der Waals surface area contributed by atoms with Crippen molar-refractivity contribution in [2.75, 3.05) is 6.54 Å².